The van der Waals surface area contributed by atoms with E-state index in [-0.39, 0.29) is 0 Å². The van der Waals surface area contributed by atoms with Crippen molar-refractivity contribution in [2.45, 2.75) is 6.54 Å². The number of thiophene rings is 1. The molecule has 3 rings (SSSR count). The van der Waals surface area contributed by atoms with E-state index >= 15 is 0 Å². The quantitative estimate of drug-likeness (QED) is 0.847. The smallest absolute Gasteiger partial charge is 0.109 e. The molecule has 0 radical (unpaired) electrons. The van der Waals surface area contributed by atoms with Gasteiger partial charge in [0.15, 0.2) is 0 Å². The minimum atomic E-state index is 0.877. The summed E-state index contributed by atoms with van der Waals surface area (Å²) in [5, 5.41) is 6.70. The number of anilines is 1. The number of nitrogens with one attached hydrogen (secondary N) is 1. The molecule has 0 spiro atoms. The monoisotopic (exact) mass is 274 g/mol. The van der Waals surface area contributed by atoms with E-state index in [1.165, 1.54) is 16.1 Å². The van der Waals surface area contributed by atoms with Crippen LogP contribution in [-0.4, -0.2) is 18.1 Å². The molecule has 0 amide bonds. The Morgan fingerprint density at radius 2 is 2.06 bits per heavy atom. The van der Waals surface area contributed by atoms with Gasteiger partial charge in [-0.1, -0.05) is 42.5 Å². The van der Waals surface area contributed by atoms with Gasteiger partial charge in [0.05, 0.1) is 0 Å². The van der Waals surface area contributed by atoms with Crippen molar-refractivity contribution in [1.82, 2.24) is 5.32 Å². The lowest BCUT2D eigenvalue weighted by Crippen LogP contribution is -2.29. The first-order valence-electron chi connectivity index (χ1n) is 5.99. The van der Waals surface area contributed by atoms with E-state index in [2.05, 4.69) is 52.0 Å². The van der Waals surface area contributed by atoms with Crippen molar-refractivity contribution < 1.29 is 0 Å². The molecular formula is C14H14N2S2. The van der Waals surface area contributed by atoms with Crippen molar-refractivity contribution >= 4 is 33.5 Å². The van der Waals surface area contributed by atoms with Crippen LogP contribution in [0.3, 0.4) is 0 Å². The molecule has 0 bridgehead atoms. The zero-order valence-corrected chi connectivity index (χ0v) is 11.6. The maximum Gasteiger partial charge on any atom is 0.109 e. The summed E-state index contributed by atoms with van der Waals surface area (Å²) in [6.45, 7) is 2.84. The zero-order chi connectivity index (χ0) is 12.4. The maximum atomic E-state index is 5.39. The fourth-order valence-corrected chi connectivity index (χ4v) is 3.44. The number of nitrogens with zero attached hydrogens (tertiary/aromatic N) is 1. The fraction of sp³-hybridized carbons (Fsp3) is 0.214. The Morgan fingerprint density at radius 1 is 1.22 bits per heavy atom. The van der Waals surface area contributed by atoms with Crippen LogP contribution in [-0.2, 0) is 6.54 Å². The topological polar surface area (TPSA) is 15.3 Å². The second-order valence-electron chi connectivity index (χ2n) is 4.30. The molecule has 2 heterocycles. The number of benzene rings is 1. The molecule has 1 N–H and O–H groups in total. The van der Waals surface area contributed by atoms with Gasteiger partial charge in [0, 0.05) is 25.2 Å². The van der Waals surface area contributed by atoms with Crippen molar-refractivity contribution in [1.29, 1.82) is 0 Å². The Balaban J connectivity index is 1.89. The predicted octanol–water partition coefficient (Wildman–Crippen LogP) is 3.03. The summed E-state index contributed by atoms with van der Waals surface area (Å²) in [6, 6.07) is 12.7. The lowest BCUT2D eigenvalue weighted by atomic mass is 10.2. The highest BCUT2D eigenvalue weighted by molar-refractivity contribution is 7.80. The highest BCUT2D eigenvalue weighted by Gasteiger charge is 2.19. The van der Waals surface area contributed by atoms with Crippen LogP contribution in [0, 0.1) is 0 Å². The van der Waals surface area contributed by atoms with Crippen molar-refractivity contribution in [3.05, 3.63) is 52.9 Å². The van der Waals surface area contributed by atoms with E-state index in [4.69, 9.17) is 12.2 Å². The van der Waals surface area contributed by atoms with Crippen molar-refractivity contribution in [3.63, 3.8) is 0 Å². The Kier molecular flexibility index (Phi) is 3.30. The highest BCUT2D eigenvalue weighted by Crippen LogP contribution is 2.30. The van der Waals surface area contributed by atoms with Gasteiger partial charge in [0.2, 0.25) is 0 Å². The molecule has 18 heavy (non-hydrogen) atoms. The van der Waals surface area contributed by atoms with Gasteiger partial charge in [-0.05, 0) is 17.0 Å². The molecule has 92 valence electrons. The van der Waals surface area contributed by atoms with Crippen LogP contribution in [0.15, 0.2) is 41.8 Å². The summed E-state index contributed by atoms with van der Waals surface area (Å²) in [7, 11) is 0. The first kappa shape index (κ1) is 11.7. The molecule has 4 heteroatoms. The maximum absolute atomic E-state index is 5.39. The average molecular weight is 274 g/mol. The van der Waals surface area contributed by atoms with Gasteiger partial charge in [-0.2, -0.15) is 0 Å². The van der Waals surface area contributed by atoms with Crippen LogP contribution in [0.4, 0.5) is 5.00 Å². The Morgan fingerprint density at radius 3 is 2.89 bits per heavy atom. The zero-order valence-electron chi connectivity index (χ0n) is 9.93. The standard InChI is InChI=1S/C14H14N2S2/c17-13-12-6-9-18-14(12)16(8-7-15-13)10-11-4-2-1-3-5-11/h1-6,9H,7-8,10H2,(H,15,17). The molecule has 0 unspecified atom stereocenters. The summed E-state index contributed by atoms with van der Waals surface area (Å²) in [5.74, 6) is 0. The summed E-state index contributed by atoms with van der Waals surface area (Å²) in [4.78, 5) is 3.28. The van der Waals surface area contributed by atoms with Gasteiger partial charge in [-0.15, -0.1) is 11.3 Å². The van der Waals surface area contributed by atoms with Crippen molar-refractivity contribution in [2.24, 2.45) is 0 Å². The number of thiocarbonyl (C=S) groups is 1. The molecule has 0 fully saturated rings. The molecule has 1 aromatic heterocycles. The molecular weight excluding hydrogens is 260 g/mol. The van der Waals surface area contributed by atoms with Gasteiger partial charge in [0.25, 0.3) is 0 Å². The summed E-state index contributed by atoms with van der Waals surface area (Å²) in [5.41, 5.74) is 2.51. The average Bonchev–Trinajstić information content (AvgIpc) is 2.83. The number of hydrogen-bond acceptors (Lipinski definition) is 3. The van der Waals surface area contributed by atoms with E-state index in [1.807, 2.05) is 0 Å². The van der Waals surface area contributed by atoms with Gasteiger partial charge >= 0.3 is 0 Å². The Labute approximate surface area is 116 Å². The second kappa shape index (κ2) is 5.08. The SMILES string of the molecule is S=C1NCCN(Cc2ccccc2)c2sccc21. The van der Waals surface area contributed by atoms with E-state index in [1.54, 1.807) is 11.3 Å². The van der Waals surface area contributed by atoms with Crippen LogP contribution >= 0.6 is 23.6 Å². The lowest BCUT2D eigenvalue weighted by Gasteiger charge is -2.22. The first-order valence-corrected chi connectivity index (χ1v) is 7.28. The summed E-state index contributed by atoms with van der Waals surface area (Å²) >= 11 is 7.16. The normalized spacial score (nSPS) is 14.9. The van der Waals surface area contributed by atoms with E-state index in [9.17, 15) is 0 Å². The number of rotatable bonds is 2. The van der Waals surface area contributed by atoms with E-state index in [0.29, 0.717) is 0 Å². The molecule has 0 saturated heterocycles. The molecule has 0 saturated carbocycles. The fourth-order valence-electron chi connectivity index (χ4n) is 2.17. The molecule has 0 atom stereocenters. The highest BCUT2D eigenvalue weighted by atomic mass is 32.1. The minimum Gasteiger partial charge on any atom is -0.374 e. The predicted molar refractivity (Wildman–Crippen MR) is 81.5 cm³/mol. The Bertz CT molecular complexity index is 548. The van der Waals surface area contributed by atoms with Crippen LogP contribution < -0.4 is 10.2 Å². The van der Waals surface area contributed by atoms with Crippen LogP contribution in [0.2, 0.25) is 0 Å². The van der Waals surface area contributed by atoms with Crippen LogP contribution in [0.25, 0.3) is 0 Å². The van der Waals surface area contributed by atoms with E-state index in [0.717, 1.165) is 24.6 Å². The molecule has 1 aliphatic rings. The first-order chi connectivity index (χ1) is 8.84. The van der Waals surface area contributed by atoms with Crippen molar-refractivity contribution in [3.8, 4) is 0 Å². The third-order valence-electron chi connectivity index (χ3n) is 3.06. The molecule has 2 aromatic rings. The van der Waals surface area contributed by atoms with Gasteiger partial charge in [-0.3, -0.25) is 0 Å². The largest absolute Gasteiger partial charge is 0.374 e. The molecule has 2 nitrogen and oxygen atoms in total. The van der Waals surface area contributed by atoms with Crippen LogP contribution in [0.5, 0.6) is 0 Å². The summed E-state index contributed by atoms with van der Waals surface area (Å²) < 4.78 is 0. The lowest BCUT2D eigenvalue weighted by molar-refractivity contribution is 0.775. The molecule has 0 aliphatic carbocycles. The summed E-state index contributed by atoms with van der Waals surface area (Å²) in [6.07, 6.45) is 0. The third-order valence-corrected chi connectivity index (χ3v) is 4.40. The molecule has 1 aromatic carbocycles. The Hall–Kier alpha value is -1.39. The van der Waals surface area contributed by atoms with Crippen molar-refractivity contribution in [2.75, 3.05) is 18.0 Å². The minimum absolute atomic E-state index is 0.877. The second-order valence-corrected chi connectivity index (χ2v) is 5.61. The number of hydrogen-bond donors (Lipinski definition) is 1. The van der Waals surface area contributed by atoms with Gasteiger partial charge < -0.3 is 10.2 Å². The molecule has 1 aliphatic heterocycles. The van der Waals surface area contributed by atoms with E-state index < -0.39 is 0 Å². The van der Waals surface area contributed by atoms with Gasteiger partial charge in [-0.25, -0.2) is 0 Å². The van der Waals surface area contributed by atoms with Crippen LogP contribution in [0.1, 0.15) is 11.1 Å². The van der Waals surface area contributed by atoms with Gasteiger partial charge in [0.1, 0.15) is 9.99 Å². The third kappa shape index (κ3) is 2.26. The number of fused-ring (bicyclic) bond motifs is 1.